The highest BCUT2D eigenvalue weighted by Gasteiger charge is 2.32. The molecule has 1 aliphatic rings. The number of nitrogens with two attached hydrogens (primary N) is 1. The number of hydrogen-bond acceptors (Lipinski definition) is 3. The summed E-state index contributed by atoms with van der Waals surface area (Å²) in [6.07, 6.45) is 1.36. The van der Waals surface area contributed by atoms with Gasteiger partial charge in [0, 0.05) is 18.3 Å². The Labute approximate surface area is 152 Å². The summed E-state index contributed by atoms with van der Waals surface area (Å²) in [5.41, 5.74) is 7.69. The van der Waals surface area contributed by atoms with E-state index in [-0.39, 0.29) is 30.0 Å². The van der Waals surface area contributed by atoms with Gasteiger partial charge >= 0.3 is 0 Å². The molecule has 136 valence electrons. The fourth-order valence-electron chi connectivity index (χ4n) is 3.40. The van der Waals surface area contributed by atoms with Crippen molar-refractivity contribution in [3.8, 4) is 11.3 Å². The van der Waals surface area contributed by atoms with E-state index in [1.54, 1.807) is 17.0 Å². The van der Waals surface area contributed by atoms with Crippen molar-refractivity contribution in [3.63, 3.8) is 0 Å². The number of nitrogens with one attached hydrogen (secondary N) is 1. The van der Waals surface area contributed by atoms with Gasteiger partial charge in [0.05, 0.1) is 5.92 Å². The molecule has 0 radical (unpaired) electrons. The number of amides is 2. The fraction of sp³-hybridized carbons (Fsp3) is 0.350. The third-order valence-corrected chi connectivity index (χ3v) is 5.01. The van der Waals surface area contributed by atoms with Crippen LogP contribution in [0.2, 0.25) is 0 Å². The highest BCUT2D eigenvalue weighted by atomic mass is 16.2. The predicted molar refractivity (Wildman–Crippen MR) is 99.7 cm³/mol. The van der Waals surface area contributed by atoms with Crippen LogP contribution < -0.4 is 11.3 Å². The van der Waals surface area contributed by atoms with E-state index in [0.717, 1.165) is 11.1 Å². The van der Waals surface area contributed by atoms with Crippen LogP contribution in [-0.4, -0.2) is 34.3 Å². The van der Waals surface area contributed by atoms with Gasteiger partial charge in [-0.2, -0.15) is 0 Å². The van der Waals surface area contributed by atoms with Crippen molar-refractivity contribution >= 4 is 11.8 Å². The van der Waals surface area contributed by atoms with Gasteiger partial charge in [-0.1, -0.05) is 23.8 Å². The Kier molecular flexibility index (Phi) is 4.93. The van der Waals surface area contributed by atoms with Crippen LogP contribution in [0.25, 0.3) is 11.3 Å². The number of carbonyl (C=O) groups is 2. The largest absolute Gasteiger partial charge is 0.369 e. The maximum absolute atomic E-state index is 12.9. The lowest BCUT2D eigenvalue weighted by Crippen LogP contribution is -2.49. The van der Waals surface area contributed by atoms with Gasteiger partial charge in [-0.15, -0.1) is 0 Å². The highest BCUT2D eigenvalue weighted by molar-refractivity contribution is 5.94. The zero-order valence-electron chi connectivity index (χ0n) is 15.0. The summed E-state index contributed by atoms with van der Waals surface area (Å²) < 4.78 is 0. The predicted octanol–water partition coefficient (Wildman–Crippen LogP) is 2.08. The molecule has 1 saturated heterocycles. The molecular formula is C20H23N3O3. The first kappa shape index (κ1) is 17.9. The number of aryl methyl sites for hydroxylation is 1. The molecule has 0 spiro atoms. The molecule has 1 aliphatic heterocycles. The molecule has 0 unspecified atom stereocenters. The van der Waals surface area contributed by atoms with E-state index >= 15 is 0 Å². The van der Waals surface area contributed by atoms with Crippen molar-refractivity contribution < 1.29 is 9.59 Å². The van der Waals surface area contributed by atoms with Crippen LogP contribution in [-0.2, 0) is 4.79 Å². The molecule has 26 heavy (non-hydrogen) atoms. The first-order chi connectivity index (χ1) is 12.4. The molecule has 1 fully saturated rings. The Hall–Kier alpha value is -2.89. The van der Waals surface area contributed by atoms with E-state index in [1.165, 1.54) is 0 Å². The normalized spacial score (nSPS) is 20.0. The summed E-state index contributed by atoms with van der Waals surface area (Å²) in [6, 6.07) is 11.0. The molecule has 6 heteroatoms. The van der Waals surface area contributed by atoms with Crippen LogP contribution in [0.1, 0.15) is 35.7 Å². The Morgan fingerprint density at radius 1 is 1.19 bits per heavy atom. The number of primary amides is 1. The summed E-state index contributed by atoms with van der Waals surface area (Å²) in [7, 11) is 0. The average Bonchev–Trinajstić information content (AvgIpc) is 2.61. The van der Waals surface area contributed by atoms with Crippen molar-refractivity contribution in [2.24, 2.45) is 11.7 Å². The molecule has 2 aromatic rings. The number of carbonyl (C=O) groups excluding carboxylic acids is 2. The number of pyridine rings is 1. The molecule has 3 N–H and O–H groups in total. The molecule has 0 aliphatic carbocycles. The van der Waals surface area contributed by atoms with Gasteiger partial charge in [0.25, 0.3) is 11.5 Å². The molecule has 2 atom stereocenters. The van der Waals surface area contributed by atoms with E-state index in [2.05, 4.69) is 4.98 Å². The van der Waals surface area contributed by atoms with Gasteiger partial charge in [0.1, 0.15) is 5.56 Å². The van der Waals surface area contributed by atoms with Crippen molar-refractivity contribution in [1.82, 2.24) is 9.88 Å². The molecule has 0 saturated carbocycles. The van der Waals surface area contributed by atoms with Crippen LogP contribution in [0.4, 0.5) is 0 Å². The zero-order valence-corrected chi connectivity index (χ0v) is 15.0. The van der Waals surface area contributed by atoms with Crippen LogP contribution in [0.15, 0.2) is 41.2 Å². The summed E-state index contributed by atoms with van der Waals surface area (Å²) in [5, 5.41) is 0. The molecule has 3 rings (SSSR count). The number of rotatable bonds is 3. The number of H-pyrrole nitrogens is 1. The number of likely N-dealkylation sites (tertiary alicyclic amines) is 1. The van der Waals surface area contributed by atoms with Crippen LogP contribution in [0.3, 0.4) is 0 Å². The van der Waals surface area contributed by atoms with Crippen LogP contribution >= 0.6 is 0 Å². The number of benzene rings is 1. The number of aromatic nitrogens is 1. The Balaban J connectivity index is 1.88. The van der Waals surface area contributed by atoms with Crippen molar-refractivity contribution in [3.05, 3.63) is 57.9 Å². The quantitative estimate of drug-likeness (QED) is 0.884. The number of hydrogen-bond donors (Lipinski definition) is 2. The molecular weight excluding hydrogens is 330 g/mol. The van der Waals surface area contributed by atoms with Crippen molar-refractivity contribution in [2.45, 2.75) is 32.7 Å². The lowest BCUT2D eigenvalue weighted by atomic mass is 9.92. The van der Waals surface area contributed by atoms with Gasteiger partial charge in [-0.25, -0.2) is 0 Å². The molecule has 2 amide bonds. The van der Waals surface area contributed by atoms with Crippen molar-refractivity contribution in [1.29, 1.82) is 0 Å². The number of nitrogens with zero attached hydrogens (tertiary/aromatic N) is 1. The minimum Gasteiger partial charge on any atom is -0.369 e. The van der Waals surface area contributed by atoms with E-state index in [9.17, 15) is 14.4 Å². The first-order valence-corrected chi connectivity index (χ1v) is 8.77. The second kappa shape index (κ2) is 7.15. The van der Waals surface area contributed by atoms with Gasteiger partial charge < -0.3 is 15.6 Å². The lowest BCUT2D eigenvalue weighted by Gasteiger charge is -2.36. The van der Waals surface area contributed by atoms with Crippen LogP contribution in [0.5, 0.6) is 0 Å². The third kappa shape index (κ3) is 3.54. The highest BCUT2D eigenvalue weighted by Crippen LogP contribution is 2.23. The fourth-order valence-corrected chi connectivity index (χ4v) is 3.40. The summed E-state index contributed by atoms with van der Waals surface area (Å²) in [4.78, 5) is 41.2. The molecule has 1 aromatic heterocycles. The second-order valence-electron chi connectivity index (χ2n) is 6.97. The summed E-state index contributed by atoms with van der Waals surface area (Å²) >= 11 is 0. The molecule has 6 nitrogen and oxygen atoms in total. The third-order valence-electron chi connectivity index (χ3n) is 5.01. The van der Waals surface area contributed by atoms with E-state index in [0.29, 0.717) is 18.5 Å². The van der Waals surface area contributed by atoms with Gasteiger partial charge in [-0.05, 0) is 50.5 Å². The maximum Gasteiger partial charge on any atom is 0.261 e. The number of aromatic amines is 1. The van der Waals surface area contributed by atoms with E-state index in [1.807, 2.05) is 38.1 Å². The zero-order chi connectivity index (χ0) is 18.8. The monoisotopic (exact) mass is 353 g/mol. The molecule has 1 aromatic carbocycles. The molecule has 2 heterocycles. The molecule has 0 bridgehead atoms. The average molecular weight is 353 g/mol. The minimum absolute atomic E-state index is 0.0334. The SMILES string of the molecule is Cc1cccc(-c2ccc(C(=O)N3C[C@@H](C(N)=O)CC[C@H]3C)c(=O)[nH]2)c1. The Morgan fingerprint density at radius 2 is 1.96 bits per heavy atom. The summed E-state index contributed by atoms with van der Waals surface area (Å²) in [5.74, 6) is -1.13. The van der Waals surface area contributed by atoms with Crippen molar-refractivity contribution in [2.75, 3.05) is 6.54 Å². The van der Waals surface area contributed by atoms with Gasteiger partial charge in [0.2, 0.25) is 5.91 Å². The second-order valence-corrected chi connectivity index (χ2v) is 6.97. The topological polar surface area (TPSA) is 96.3 Å². The van der Waals surface area contributed by atoms with E-state index < -0.39 is 11.5 Å². The standard InChI is InChI=1S/C20H23N3O3/c1-12-4-3-5-14(10-12)17-9-8-16(19(25)22-17)20(26)23-11-15(18(21)24)7-6-13(23)2/h3-5,8-10,13,15H,6-7,11H2,1-2H3,(H2,21,24)(H,22,25)/t13-,15+/m1/s1. The Morgan fingerprint density at radius 3 is 2.62 bits per heavy atom. The first-order valence-electron chi connectivity index (χ1n) is 8.77. The Bertz CT molecular complexity index is 903. The smallest absolute Gasteiger partial charge is 0.261 e. The number of piperidine rings is 1. The lowest BCUT2D eigenvalue weighted by molar-refractivity contribution is -0.123. The van der Waals surface area contributed by atoms with Crippen LogP contribution in [0, 0.1) is 12.8 Å². The van der Waals surface area contributed by atoms with Gasteiger partial charge in [-0.3, -0.25) is 14.4 Å². The van der Waals surface area contributed by atoms with Gasteiger partial charge in [0.15, 0.2) is 0 Å². The van der Waals surface area contributed by atoms with E-state index in [4.69, 9.17) is 5.73 Å². The maximum atomic E-state index is 12.9. The summed E-state index contributed by atoms with van der Waals surface area (Å²) in [6.45, 7) is 4.16. The minimum atomic E-state index is -0.428.